The number of rotatable bonds is 3. The van der Waals surface area contributed by atoms with Crippen LogP contribution >= 0.6 is 15.9 Å². The van der Waals surface area contributed by atoms with Crippen LogP contribution in [0.15, 0.2) is 10.8 Å². The predicted molar refractivity (Wildman–Crippen MR) is 38.4 cm³/mol. The molecular weight excluding hydrogens is 216 g/mol. The van der Waals surface area contributed by atoms with E-state index in [9.17, 15) is 4.79 Å². The van der Waals surface area contributed by atoms with Crippen LogP contribution in [0.1, 0.15) is 10.5 Å². The van der Waals surface area contributed by atoms with Gasteiger partial charge >= 0.3 is 5.97 Å². The Bertz CT molecular complexity index is 224. The van der Waals surface area contributed by atoms with E-state index in [-0.39, 0.29) is 5.69 Å². The Kier molecular flexibility index (Phi) is 3.03. The molecule has 60 valence electrons. The van der Waals surface area contributed by atoms with Gasteiger partial charge in [-0.15, -0.1) is 0 Å². The Labute approximate surface area is 70.8 Å². The van der Waals surface area contributed by atoms with E-state index in [2.05, 4.69) is 35.6 Å². The van der Waals surface area contributed by atoms with Gasteiger partial charge in [0.1, 0.15) is 12.8 Å². The van der Waals surface area contributed by atoms with Crippen molar-refractivity contribution in [3.05, 3.63) is 11.9 Å². The van der Waals surface area contributed by atoms with E-state index in [0.29, 0.717) is 11.9 Å². The van der Waals surface area contributed by atoms with Gasteiger partial charge in [0.2, 0.25) is 5.69 Å². The van der Waals surface area contributed by atoms with Crippen LogP contribution in [0.3, 0.4) is 0 Å². The zero-order valence-electron chi connectivity index (χ0n) is 5.49. The number of carbonyl (C=O) groups excluding carboxylic acids is 1. The third-order valence-electron chi connectivity index (χ3n) is 0.881. The summed E-state index contributed by atoms with van der Waals surface area (Å²) in [6.07, 6.45) is 1.20. The number of aromatic nitrogens is 2. The Morgan fingerprint density at radius 3 is 3.18 bits per heavy atom. The molecule has 5 nitrogen and oxygen atoms in total. The second-order valence-corrected chi connectivity index (χ2v) is 2.41. The number of esters is 1. The molecule has 0 fully saturated rings. The number of carbonyl (C=O) groups is 1. The molecule has 0 N–H and O–H groups in total. The van der Waals surface area contributed by atoms with E-state index >= 15 is 0 Å². The smallest absolute Gasteiger partial charge is 0.362 e. The summed E-state index contributed by atoms with van der Waals surface area (Å²) in [5, 5.41) is 7.15. The molecule has 0 aliphatic carbocycles. The highest BCUT2D eigenvalue weighted by Gasteiger charge is 2.10. The van der Waals surface area contributed by atoms with Crippen molar-refractivity contribution in [2.24, 2.45) is 0 Å². The van der Waals surface area contributed by atoms with Crippen molar-refractivity contribution >= 4 is 21.9 Å². The van der Waals surface area contributed by atoms with Gasteiger partial charge in [-0.05, 0) is 5.16 Å². The maximum atomic E-state index is 10.9. The summed E-state index contributed by atoms with van der Waals surface area (Å²) in [5.74, 6) is -0.522. The van der Waals surface area contributed by atoms with Crippen molar-refractivity contribution in [1.29, 1.82) is 0 Å². The van der Waals surface area contributed by atoms with E-state index in [0.717, 1.165) is 0 Å². The topological polar surface area (TPSA) is 65.2 Å². The van der Waals surface area contributed by atoms with Gasteiger partial charge in [-0.3, -0.25) is 0 Å². The van der Waals surface area contributed by atoms with Gasteiger partial charge < -0.3 is 4.74 Å². The van der Waals surface area contributed by atoms with Crippen molar-refractivity contribution in [3.63, 3.8) is 0 Å². The van der Waals surface area contributed by atoms with Crippen molar-refractivity contribution in [1.82, 2.24) is 10.3 Å². The number of halogens is 1. The van der Waals surface area contributed by atoms with Crippen LogP contribution in [-0.2, 0) is 4.74 Å². The fourth-order valence-electron chi connectivity index (χ4n) is 0.460. The highest BCUT2D eigenvalue weighted by atomic mass is 79.9. The molecule has 0 aromatic carbocycles. The number of nitrogens with zero attached hydrogens (tertiary/aromatic N) is 2. The summed E-state index contributed by atoms with van der Waals surface area (Å²) in [6, 6.07) is 0. The van der Waals surface area contributed by atoms with E-state index in [1.165, 1.54) is 6.20 Å². The number of hydrogen-bond acceptors (Lipinski definition) is 5. The average molecular weight is 221 g/mol. The fourth-order valence-corrected chi connectivity index (χ4v) is 0.622. The molecule has 0 saturated carbocycles. The lowest BCUT2D eigenvalue weighted by Gasteiger charge is -1.95. The van der Waals surface area contributed by atoms with Gasteiger partial charge in [-0.1, -0.05) is 21.1 Å². The Morgan fingerprint density at radius 1 is 1.82 bits per heavy atom. The maximum Gasteiger partial charge on any atom is 0.362 e. The van der Waals surface area contributed by atoms with Gasteiger partial charge in [-0.2, -0.15) is 0 Å². The van der Waals surface area contributed by atoms with Crippen molar-refractivity contribution in [3.8, 4) is 0 Å². The molecule has 0 aliphatic rings. The summed E-state index contributed by atoms with van der Waals surface area (Å²) >= 11 is 3.10. The molecular formula is C5H5BrN2O3. The Balaban J connectivity index is 2.43. The summed E-state index contributed by atoms with van der Waals surface area (Å²) in [7, 11) is 0. The summed E-state index contributed by atoms with van der Waals surface area (Å²) in [4.78, 5) is 10.9. The zero-order chi connectivity index (χ0) is 8.10. The van der Waals surface area contributed by atoms with E-state index < -0.39 is 5.97 Å². The molecule has 0 atom stereocenters. The fraction of sp³-hybridized carbons (Fsp3) is 0.400. The quantitative estimate of drug-likeness (QED) is 0.552. The van der Waals surface area contributed by atoms with Crippen LogP contribution in [0.2, 0.25) is 0 Å². The van der Waals surface area contributed by atoms with Crippen LogP contribution in [0, 0.1) is 0 Å². The predicted octanol–water partition coefficient (Wildman–Crippen LogP) is 0.621. The average Bonchev–Trinajstić information content (AvgIpc) is 2.52. The monoisotopic (exact) mass is 220 g/mol. The molecule has 0 radical (unpaired) electrons. The van der Waals surface area contributed by atoms with E-state index in [1.54, 1.807) is 0 Å². The van der Waals surface area contributed by atoms with E-state index in [4.69, 9.17) is 0 Å². The second-order valence-electron chi connectivity index (χ2n) is 1.62. The minimum Gasteiger partial charge on any atom is -0.460 e. The lowest BCUT2D eigenvalue weighted by molar-refractivity contribution is 0.0519. The molecule has 1 rings (SSSR count). The van der Waals surface area contributed by atoms with Crippen molar-refractivity contribution < 1.29 is 14.2 Å². The highest BCUT2D eigenvalue weighted by molar-refractivity contribution is 9.09. The summed E-state index contributed by atoms with van der Waals surface area (Å²) in [6.45, 7) is 0.311. The molecule has 0 aliphatic heterocycles. The molecule has 0 bridgehead atoms. The molecule has 0 amide bonds. The third-order valence-corrected chi connectivity index (χ3v) is 1.20. The Morgan fingerprint density at radius 2 is 2.64 bits per heavy atom. The SMILES string of the molecule is O=C(OCCBr)c1cnon1. The first-order valence-corrected chi connectivity index (χ1v) is 3.97. The molecule has 11 heavy (non-hydrogen) atoms. The van der Waals surface area contributed by atoms with Crippen LogP contribution in [-0.4, -0.2) is 28.2 Å². The minimum absolute atomic E-state index is 0.0888. The first kappa shape index (κ1) is 8.19. The second kappa shape index (κ2) is 4.07. The molecule has 0 unspecified atom stereocenters. The largest absolute Gasteiger partial charge is 0.460 e. The summed E-state index contributed by atoms with van der Waals surface area (Å²) in [5.41, 5.74) is 0.0888. The number of hydrogen-bond donors (Lipinski definition) is 0. The lowest BCUT2D eigenvalue weighted by Crippen LogP contribution is -2.07. The van der Waals surface area contributed by atoms with Crippen LogP contribution in [0.5, 0.6) is 0 Å². The van der Waals surface area contributed by atoms with Crippen LogP contribution in [0.4, 0.5) is 0 Å². The van der Waals surface area contributed by atoms with Crippen molar-refractivity contribution in [2.45, 2.75) is 0 Å². The molecule has 1 aromatic rings. The van der Waals surface area contributed by atoms with Gasteiger partial charge in [0.05, 0.1) is 0 Å². The molecule has 1 aromatic heterocycles. The summed E-state index contributed by atoms with van der Waals surface area (Å²) < 4.78 is 8.89. The molecule has 1 heterocycles. The highest BCUT2D eigenvalue weighted by Crippen LogP contribution is 1.94. The minimum atomic E-state index is -0.522. The standard InChI is InChI=1S/C5H5BrN2O3/c6-1-2-10-5(9)4-3-7-11-8-4/h3H,1-2H2. The van der Waals surface area contributed by atoms with Crippen LogP contribution < -0.4 is 0 Å². The number of alkyl halides is 1. The van der Waals surface area contributed by atoms with Gasteiger partial charge in [0.25, 0.3) is 0 Å². The molecule has 0 saturated heterocycles. The van der Waals surface area contributed by atoms with Gasteiger partial charge in [0.15, 0.2) is 0 Å². The first-order valence-electron chi connectivity index (χ1n) is 2.85. The van der Waals surface area contributed by atoms with E-state index in [1.807, 2.05) is 0 Å². The third kappa shape index (κ3) is 2.30. The number of ether oxygens (including phenoxy) is 1. The molecule has 6 heteroatoms. The van der Waals surface area contributed by atoms with Crippen molar-refractivity contribution in [2.75, 3.05) is 11.9 Å². The normalized spacial score (nSPS) is 9.55. The first-order chi connectivity index (χ1) is 5.34. The Hall–Kier alpha value is -0.910. The van der Waals surface area contributed by atoms with Crippen LogP contribution in [0.25, 0.3) is 0 Å². The lowest BCUT2D eigenvalue weighted by atomic mass is 10.5. The zero-order valence-corrected chi connectivity index (χ0v) is 7.07. The molecule has 0 spiro atoms. The van der Waals surface area contributed by atoms with Gasteiger partial charge in [-0.25, -0.2) is 9.42 Å². The maximum absolute atomic E-state index is 10.9. The van der Waals surface area contributed by atoms with Gasteiger partial charge in [0, 0.05) is 5.33 Å².